The van der Waals surface area contributed by atoms with Gasteiger partial charge in [-0.2, -0.15) is 0 Å². The molecule has 0 radical (unpaired) electrons. The number of anilines is 1. The predicted molar refractivity (Wildman–Crippen MR) is 80.0 cm³/mol. The van der Waals surface area contributed by atoms with Gasteiger partial charge >= 0.3 is 29.2 Å². The van der Waals surface area contributed by atoms with E-state index in [1.54, 1.807) is 20.0 Å². The number of benzene rings is 1. The van der Waals surface area contributed by atoms with Crippen LogP contribution in [0.4, 0.5) is 5.69 Å². The summed E-state index contributed by atoms with van der Waals surface area (Å²) in [5, 5.41) is 0. The third-order valence-corrected chi connectivity index (χ3v) is 3.22. The molecular formula is C15H22AuClN2. The van der Waals surface area contributed by atoms with Gasteiger partial charge in [0, 0.05) is 24.6 Å². The molecule has 110 valence electrons. The molecule has 0 atom stereocenters. The predicted octanol–water partition coefficient (Wildman–Crippen LogP) is 4.26. The van der Waals surface area contributed by atoms with Crippen LogP contribution < -0.4 is 4.90 Å². The monoisotopic (exact) mass is 462 g/mol. The molecule has 0 bridgehead atoms. The molecule has 1 aliphatic rings. The fourth-order valence-electron chi connectivity index (χ4n) is 2.67. The normalized spacial score (nSPS) is 13.6. The van der Waals surface area contributed by atoms with E-state index in [9.17, 15) is 0 Å². The molecule has 1 aromatic rings. The van der Waals surface area contributed by atoms with E-state index < -0.39 is 0 Å². The first-order valence-corrected chi connectivity index (χ1v) is 9.18. The van der Waals surface area contributed by atoms with Crippen LogP contribution in [0.3, 0.4) is 0 Å². The van der Waals surface area contributed by atoms with Gasteiger partial charge in [-0.1, -0.05) is 24.6 Å². The first-order valence-electron chi connectivity index (χ1n) is 6.50. The van der Waals surface area contributed by atoms with E-state index in [-0.39, 0.29) is 0 Å². The Labute approximate surface area is 133 Å². The molecule has 0 aliphatic carbocycles. The zero-order valence-corrected chi connectivity index (χ0v) is 14.9. The van der Waals surface area contributed by atoms with Crippen LogP contribution in [0.5, 0.6) is 0 Å². The zero-order valence-electron chi connectivity index (χ0n) is 12.0. The quantitative estimate of drug-likeness (QED) is 0.619. The molecule has 1 heterocycles. The van der Waals surface area contributed by atoms with Crippen molar-refractivity contribution in [1.82, 2.24) is 4.90 Å². The van der Waals surface area contributed by atoms with Gasteiger partial charge in [0.1, 0.15) is 0 Å². The molecule has 0 N–H and O–H groups in total. The summed E-state index contributed by atoms with van der Waals surface area (Å²) >= 11 is 1.75. The number of hydrogen-bond acceptors (Lipinski definition) is 2. The zero-order chi connectivity index (χ0) is 14.4. The fourth-order valence-corrected chi connectivity index (χ4v) is 2.67. The molecule has 1 aliphatic heterocycles. The Morgan fingerprint density at radius 2 is 1.68 bits per heavy atom. The van der Waals surface area contributed by atoms with E-state index in [4.69, 9.17) is 0 Å². The summed E-state index contributed by atoms with van der Waals surface area (Å²) in [5.41, 5.74) is 5.44. The van der Waals surface area contributed by atoms with Crippen molar-refractivity contribution in [3.8, 4) is 0 Å². The molecule has 4 heteroatoms. The molecule has 0 fully saturated rings. The van der Waals surface area contributed by atoms with Gasteiger partial charge in [-0.3, -0.25) is 0 Å². The number of rotatable bonds is 3. The molecule has 0 saturated carbocycles. The van der Waals surface area contributed by atoms with E-state index in [1.165, 1.54) is 28.8 Å². The summed E-state index contributed by atoms with van der Waals surface area (Å²) in [7, 11) is 4.58. The molecule has 0 saturated heterocycles. The Morgan fingerprint density at radius 3 is 2.21 bits per heavy atom. The number of aryl methyl sites for hydroxylation is 3. The van der Waals surface area contributed by atoms with Crippen LogP contribution in [-0.2, 0) is 20.0 Å². The first-order chi connectivity index (χ1) is 9.11. The van der Waals surface area contributed by atoms with Crippen molar-refractivity contribution in [2.24, 2.45) is 0 Å². The van der Waals surface area contributed by atoms with Crippen LogP contribution >= 0.6 is 9.19 Å². The van der Waals surface area contributed by atoms with Crippen LogP contribution in [-0.4, -0.2) is 18.1 Å². The average molecular weight is 463 g/mol. The molecule has 1 aromatic carbocycles. The summed E-state index contributed by atoms with van der Waals surface area (Å²) in [6.07, 6.45) is 5.59. The number of halogens is 1. The van der Waals surface area contributed by atoms with E-state index in [1.807, 2.05) is 0 Å². The molecule has 0 amide bonds. The van der Waals surface area contributed by atoms with Crippen molar-refractivity contribution in [2.75, 3.05) is 18.1 Å². The van der Waals surface area contributed by atoms with Gasteiger partial charge in [0.25, 0.3) is 0 Å². The summed E-state index contributed by atoms with van der Waals surface area (Å²) < 4.78 is 0. The molecule has 0 spiro atoms. The summed E-state index contributed by atoms with van der Waals surface area (Å²) in [6.45, 7) is 10.9. The molecular weight excluding hydrogens is 441 g/mol. The van der Waals surface area contributed by atoms with E-state index in [0.29, 0.717) is 0 Å². The van der Waals surface area contributed by atoms with Crippen LogP contribution in [0.25, 0.3) is 0 Å². The van der Waals surface area contributed by atoms with Crippen molar-refractivity contribution < 1.29 is 20.0 Å². The minimum absolute atomic E-state index is 0.985. The van der Waals surface area contributed by atoms with Crippen molar-refractivity contribution in [3.05, 3.63) is 41.2 Å². The molecule has 19 heavy (non-hydrogen) atoms. The Kier molecular flexibility index (Phi) is 7.01. The summed E-state index contributed by atoms with van der Waals surface area (Å²) in [6, 6.07) is 4.53. The second kappa shape index (κ2) is 8.01. The average Bonchev–Trinajstić information content (AvgIpc) is 2.79. The second-order valence-corrected chi connectivity index (χ2v) is 4.97. The number of hydrogen-bond donors (Lipinski definition) is 0. The fraction of sp³-hybridized carbons (Fsp3) is 0.467. The van der Waals surface area contributed by atoms with E-state index in [2.05, 4.69) is 71.2 Å². The third-order valence-electron chi connectivity index (χ3n) is 3.22. The van der Waals surface area contributed by atoms with Gasteiger partial charge in [0.15, 0.2) is 0 Å². The summed E-state index contributed by atoms with van der Waals surface area (Å²) in [4.78, 5) is 4.71. The SMILES string of the molecule is CCCN1C=CN(c2c(C)cc(C)cc2C)C1.[Cl][Au]. The van der Waals surface area contributed by atoms with Crippen molar-refractivity contribution in [3.63, 3.8) is 0 Å². The van der Waals surface area contributed by atoms with Gasteiger partial charge in [-0.25, -0.2) is 0 Å². The van der Waals surface area contributed by atoms with Crippen molar-refractivity contribution in [2.45, 2.75) is 34.1 Å². The molecule has 2 rings (SSSR count). The van der Waals surface area contributed by atoms with E-state index in [0.717, 1.165) is 13.2 Å². The van der Waals surface area contributed by atoms with Crippen LogP contribution in [0.15, 0.2) is 24.5 Å². The maximum atomic E-state index is 4.58. The third kappa shape index (κ3) is 4.28. The Balaban J connectivity index is 0.000000861. The van der Waals surface area contributed by atoms with Gasteiger partial charge in [0.05, 0.1) is 6.67 Å². The van der Waals surface area contributed by atoms with Gasteiger partial charge in [0.2, 0.25) is 0 Å². The topological polar surface area (TPSA) is 6.48 Å². The standard InChI is InChI=1S/C15H22N2.Au.ClH/c1-5-6-16-7-8-17(11-16)15-13(3)9-12(2)10-14(15)4;;/h7-10H,5-6,11H2,1-4H3;;1H/q;+1;/p-1. The van der Waals surface area contributed by atoms with E-state index >= 15 is 0 Å². The minimum atomic E-state index is 0.985. The Bertz CT molecular complexity index is 423. The maximum absolute atomic E-state index is 4.58. The Hall–Kier alpha value is -0.410. The second-order valence-electron chi connectivity index (χ2n) is 4.97. The first kappa shape index (κ1) is 16.6. The Morgan fingerprint density at radius 1 is 1.11 bits per heavy atom. The number of nitrogens with zero attached hydrogens (tertiary/aromatic N) is 2. The molecule has 0 unspecified atom stereocenters. The van der Waals surface area contributed by atoms with Gasteiger partial charge in [-0.15, -0.1) is 0 Å². The van der Waals surface area contributed by atoms with Crippen molar-refractivity contribution in [1.29, 1.82) is 0 Å². The molecule has 0 aromatic heterocycles. The van der Waals surface area contributed by atoms with Crippen LogP contribution in [0.2, 0.25) is 0 Å². The summed E-state index contributed by atoms with van der Waals surface area (Å²) in [5.74, 6) is 0. The molecule has 2 nitrogen and oxygen atoms in total. The van der Waals surface area contributed by atoms with Crippen LogP contribution in [0.1, 0.15) is 30.0 Å². The van der Waals surface area contributed by atoms with Crippen LogP contribution in [0, 0.1) is 20.8 Å². The van der Waals surface area contributed by atoms with Crippen molar-refractivity contribution >= 4 is 14.9 Å². The van der Waals surface area contributed by atoms with Gasteiger partial charge in [-0.05, 0) is 38.3 Å². The van der Waals surface area contributed by atoms with Gasteiger partial charge < -0.3 is 9.80 Å².